The number of amides is 1. The molecule has 1 N–H and O–H groups in total. The van der Waals surface area contributed by atoms with Crippen LogP contribution >= 0.6 is 0 Å². The average molecular weight is 337 g/mol. The number of rotatable bonds is 5. The van der Waals surface area contributed by atoms with E-state index >= 15 is 0 Å². The van der Waals surface area contributed by atoms with Gasteiger partial charge in [0.1, 0.15) is 18.1 Å². The summed E-state index contributed by atoms with van der Waals surface area (Å²) in [6.45, 7) is 6.76. The molecule has 0 saturated carbocycles. The van der Waals surface area contributed by atoms with Crippen LogP contribution in [0, 0.1) is 0 Å². The molecule has 1 aromatic carbocycles. The highest BCUT2D eigenvalue weighted by Crippen LogP contribution is 2.32. The standard InChI is InChI=1S/C18H27NO5/c1-18(2,3)19(17(20)21)13-9-15(22-4)11-16(10-13)24-12-14-7-5-6-8-23-14/h9-11,14H,5-8,12H2,1-4H3,(H,20,21). The van der Waals surface area contributed by atoms with Gasteiger partial charge in [-0.15, -0.1) is 0 Å². The molecule has 0 radical (unpaired) electrons. The molecule has 2 rings (SSSR count). The van der Waals surface area contributed by atoms with E-state index in [1.165, 1.54) is 4.90 Å². The first-order chi connectivity index (χ1) is 11.3. The van der Waals surface area contributed by atoms with Crippen molar-refractivity contribution in [3.63, 3.8) is 0 Å². The summed E-state index contributed by atoms with van der Waals surface area (Å²) in [6.07, 6.45) is 2.30. The smallest absolute Gasteiger partial charge is 0.412 e. The molecule has 1 amide bonds. The van der Waals surface area contributed by atoms with Crippen molar-refractivity contribution < 1.29 is 24.1 Å². The van der Waals surface area contributed by atoms with Gasteiger partial charge in [0.15, 0.2) is 0 Å². The van der Waals surface area contributed by atoms with Gasteiger partial charge < -0.3 is 19.3 Å². The third kappa shape index (κ3) is 4.77. The third-order valence-corrected chi connectivity index (χ3v) is 3.93. The van der Waals surface area contributed by atoms with E-state index in [0.29, 0.717) is 23.8 Å². The lowest BCUT2D eigenvalue weighted by Crippen LogP contribution is -2.45. The second-order valence-electron chi connectivity index (χ2n) is 6.96. The van der Waals surface area contributed by atoms with E-state index in [-0.39, 0.29) is 6.10 Å². The summed E-state index contributed by atoms with van der Waals surface area (Å²) in [4.78, 5) is 13.0. The molecule has 1 unspecified atom stereocenters. The van der Waals surface area contributed by atoms with E-state index in [2.05, 4.69) is 0 Å². The van der Waals surface area contributed by atoms with Crippen LogP contribution in [0.1, 0.15) is 40.0 Å². The number of methoxy groups -OCH3 is 1. The van der Waals surface area contributed by atoms with Crippen molar-refractivity contribution >= 4 is 11.8 Å². The van der Waals surface area contributed by atoms with E-state index in [9.17, 15) is 9.90 Å². The number of hydrogen-bond acceptors (Lipinski definition) is 4. The fourth-order valence-electron chi connectivity index (χ4n) is 2.80. The van der Waals surface area contributed by atoms with Crippen LogP contribution in [0.3, 0.4) is 0 Å². The van der Waals surface area contributed by atoms with Crippen LogP contribution in [-0.2, 0) is 4.74 Å². The third-order valence-electron chi connectivity index (χ3n) is 3.93. The molecule has 1 saturated heterocycles. The maximum Gasteiger partial charge on any atom is 0.412 e. The van der Waals surface area contributed by atoms with Gasteiger partial charge in [0.25, 0.3) is 0 Å². The molecule has 0 aliphatic carbocycles. The van der Waals surface area contributed by atoms with Crippen LogP contribution in [0.15, 0.2) is 18.2 Å². The maximum absolute atomic E-state index is 11.7. The highest BCUT2D eigenvalue weighted by atomic mass is 16.5. The highest BCUT2D eigenvalue weighted by Gasteiger charge is 2.28. The summed E-state index contributed by atoms with van der Waals surface area (Å²) in [6, 6.07) is 5.18. The van der Waals surface area contributed by atoms with Crippen molar-refractivity contribution in [2.45, 2.75) is 51.7 Å². The average Bonchev–Trinajstić information content (AvgIpc) is 2.52. The minimum atomic E-state index is -1.02. The molecule has 1 fully saturated rings. The van der Waals surface area contributed by atoms with Crippen molar-refractivity contribution in [1.29, 1.82) is 0 Å². The Morgan fingerprint density at radius 3 is 2.54 bits per heavy atom. The van der Waals surface area contributed by atoms with Gasteiger partial charge in [0.2, 0.25) is 0 Å². The van der Waals surface area contributed by atoms with Crippen LogP contribution in [0.5, 0.6) is 11.5 Å². The summed E-state index contributed by atoms with van der Waals surface area (Å²) in [5.74, 6) is 1.14. The fourth-order valence-corrected chi connectivity index (χ4v) is 2.80. The molecule has 1 aliphatic rings. The zero-order chi connectivity index (χ0) is 17.7. The minimum Gasteiger partial charge on any atom is -0.497 e. The molecule has 1 aromatic rings. The van der Waals surface area contributed by atoms with Crippen molar-refractivity contribution in [3.8, 4) is 11.5 Å². The van der Waals surface area contributed by atoms with E-state index in [1.54, 1.807) is 25.3 Å². The van der Waals surface area contributed by atoms with E-state index in [4.69, 9.17) is 14.2 Å². The van der Waals surface area contributed by atoms with Crippen LogP contribution in [0.2, 0.25) is 0 Å². The van der Waals surface area contributed by atoms with Crippen LogP contribution < -0.4 is 14.4 Å². The number of carboxylic acid groups (broad SMARTS) is 1. The zero-order valence-corrected chi connectivity index (χ0v) is 14.9. The van der Waals surface area contributed by atoms with Gasteiger partial charge in [-0.1, -0.05) is 0 Å². The quantitative estimate of drug-likeness (QED) is 0.882. The van der Waals surface area contributed by atoms with Crippen molar-refractivity contribution in [2.75, 3.05) is 25.2 Å². The molecule has 6 nitrogen and oxygen atoms in total. The highest BCUT2D eigenvalue weighted by molar-refractivity contribution is 5.88. The normalized spacial score (nSPS) is 18.1. The Hall–Kier alpha value is -1.95. The van der Waals surface area contributed by atoms with Crippen LogP contribution in [0.25, 0.3) is 0 Å². The molecule has 1 heterocycles. The Labute approximate surface area is 143 Å². The first-order valence-electron chi connectivity index (χ1n) is 8.28. The predicted octanol–water partition coefficient (Wildman–Crippen LogP) is 3.93. The second kappa shape index (κ2) is 7.75. The van der Waals surface area contributed by atoms with E-state index in [0.717, 1.165) is 25.9 Å². The van der Waals surface area contributed by atoms with Crippen LogP contribution in [-0.4, -0.2) is 43.2 Å². The predicted molar refractivity (Wildman–Crippen MR) is 92.3 cm³/mol. The van der Waals surface area contributed by atoms with Gasteiger partial charge in [-0.3, -0.25) is 4.90 Å². The Bertz CT molecular complexity index is 561. The molecule has 24 heavy (non-hydrogen) atoms. The first kappa shape index (κ1) is 18.4. The monoisotopic (exact) mass is 337 g/mol. The Morgan fingerprint density at radius 1 is 1.29 bits per heavy atom. The molecule has 1 aliphatic heterocycles. The minimum absolute atomic E-state index is 0.0894. The van der Waals surface area contributed by atoms with Gasteiger partial charge in [-0.25, -0.2) is 4.79 Å². The number of carbonyl (C=O) groups is 1. The zero-order valence-electron chi connectivity index (χ0n) is 14.9. The van der Waals surface area contributed by atoms with Gasteiger partial charge in [-0.05, 0) is 40.0 Å². The van der Waals surface area contributed by atoms with Crippen molar-refractivity contribution in [1.82, 2.24) is 0 Å². The fraction of sp³-hybridized carbons (Fsp3) is 0.611. The largest absolute Gasteiger partial charge is 0.497 e. The van der Waals surface area contributed by atoms with E-state index < -0.39 is 11.6 Å². The van der Waals surface area contributed by atoms with Crippen LogP contribution in [0.4, 0.5) is 10.5 Å². The lowest BCUT2D eigenvalue weighted by atomic mass is 10.1. The SMILES string of the molecule is COc1cc(OCC2CCCCO2)cc(N(C(=O)O)C(C)(C)C)c1. The second-order valence-corrected chi connectivity index (χ2v) is 6.96. The van der Waals surface area contributed by atoms with Gasteiger partial charge in [0.05, 0.1) is 18.9 Å². The Kier molecular flexibility index (Phi) is 5.94. The maximum atomic E-state index is 11.7. The lowest BCUT2D eigenvalue weighted by Gasteiger charge is -2.33. The molecule has 1 atom stereocenters. The molecule has 134 valence electrons. The Balaban J connectivity index is 2.21. The number of hydrogen-bond donors (Lipinski definition) is 1. The van der Waals surface area contributed by atoms with E-state index in [1.807, 2.05) is 20.8 Å². The topological polar surface area (TPSA) is 68.2 Å². The number of nitrogens with zero attached hydrogens (tertiary/aromatic N) is 1. The van der Waals surface area contributed by atoms with Gasteiger partial charge in [-0.2, -0.15) is 0 Å². The summed E-state index contributed by atoms with van der Waals surface area (Å²) < 4.78 is 16.8. The first-order valence-corrected chi connectivity index (χ1v) is 8.28. The lowest BCUT2D eigenvalue weighted by molar-refractivity contribution is -0.0111. The Morgan fingerprint density at radius 2 is 2.00 bits per heavy atom. The van der Waals surface area contributed by atoms with Crippen molar-refractivity contribution in [2.24, 2.45) is 0 Å². The molecule has 0 spiro atoms. The summed E-state index contributed by atoms with van der Waals surface area (Å²) in [5.41, 5.74) is -0.0593. The molecule has 6 heteroatoms. The number of benzene rings is 1. The van der Waals surface area contributed by atoms with Gasteiger partial charge in [0, 0.05) is 30.3 Å². The molecule has 0 bridgehead atoms. The summed E-state index contributed by atoms with van der Waals surface area (Å²) >= 11 is 0. The van der Waals surface area contributed by atoms with Gasteiger partial charge >= 0.3 is 6.09 Å². The molecule has 0 aromatic heterocycles. The molecular weight excluding hydrogens is 310 g/mol. The number of anilines is 1. The number of ether oxygens (including phenoxy) is 3. The van der Waals surface area contributed by atoms with Crippen molar-refractivity contribution in [3.05, 3.63) is 18.2 Å². The summed E-state index contributed by atoms with van der Waals surface area (Å²) in [7, 11) is 1.55. The molecular formula is C18H27NO5. The summed E-state index contributed by atoms with van der Waals surface area (Å²) in [5, 5.41) is 9.57.